The minimum absolute atomic E-state index is 0.124. The minimum atomic E-state index is -0.969. The SMILES string of the molecule is C=CC(=O)OCCC(C)(O)CCl. The van der Waals surface area contributed by atoms with E-state index in [9.17, 15) is 9.90 Å². The molecular formula is C8H13ClO3. The van der Waals surface area contributed by atoms with Crippen molar-refractivity contribution in [3.63, 3.8) is 0 Å². The molecule has 0 aromatic heterocycles. The summed E-state index contributed by atoms with van der Waals surface area (Å²) in [6.45, 7) is 4.98. The van der Waals surface area contributed by atoms with Crippen LogP contribution in [0.3, 0.4) is 0 Å². The van der Waals surface area contributed by atoms with Gasteiger partial charge >= 0.3 is 5.97 Å². The van der Waals surface area contributed by atoms with E-state index < -0.39 is 11.6 Å². The molecule has 3 nitrogen and oxygen atoms in total. The molecule has 0 bridgehead atoms. The van der Waals surface area contributed by atoms with Crippen LogP contribution in [0.2, 0.25) is 0 Å². The molecule has 70 valence electrons. The highest BCUT2D eigenvalue weighted by atomic mass is 35.5. The van der Waals surface area contributed by atoms with Gasteiger partial charge in [0.2, 0.25) is 0 Å². The Morgan fingerprint density at radius 2 is 2.42 bits per heavy atom. The lowest BCUT2D eigenvalue weighted by Gasteiger charge is -2.18. The zero-order valence-electron chi connectivity index (χ0n) is 7.05. The van der Waals surface area contributed by atoms with Crippen molar-refractivity contribution in [3.05, 3.63) is 12.7 Å². The monoisotopic (exact) mass is 192 g/mol. The van der Waals surface area contributed by atoms with Gasteiger partial charge in [-0.2, -0.15) is 0 Å². The van der Waals surface area contributed by atoms with Gasteiger partial charge in [-0.3, -0.25) is 0 Å². The Labute approximate surface area is 77.0 Å². The molecule has 0 spiro atoms. The van der Waals surface area contributed by atoms with Crippen LogP contribution in [0.1, 0.15) is 13.3 Å². The molecule has 0 aliphatic carbocycles. The first-order valence-corrected chi connectivity index (χ1v) is 4.13. The van der Waals surface area contributed by atoms with Crippen molar-refractivity contribution in [1.82, 2.24) is 0 Å². The molecule has 0 aromatic carbocycles. The van der Waals surface area contributed by atoms with Crippen LogP contribution in [0.5, 0.6) is 0 Å². The molecule has 1 N–H and O–H groups in total. The molecule has 0 saturated heterocycles. The molecule has 1 unspecified atom stereocenters. The van der Waals surface area contributed by atoms with Crippen LogP contribution in [0.25, 0.3) is 0 Å². The van der Waals surface area contributed by atoms with Gasteiger partial charge in [-0.05, 0) is 6.92 Å². The summed E-state index contributed by atoms with van der Waals surface area (Å²) in [5.74, 6) is -0.362. The van der Waals surface area contributed by atoms with E-state index in [0.29, 0.717) is 6.42 Å². The van der Waals surface area contributed by atoms with Crippen molar-refractivity contribution in [1.29, 1.82) is 0 Å². The number of carbonyl (C=O) groups is 1. The molecule has 0 amide bonds. The lowest BCUT2D eigenvalue weighted by molar-refractivity contribution is -0.138. The molecule has 0 heterocycles. The van der Waals surface area contributed by atoms with Crippen LogP contribution >= 0.6 is 11.6 Å². The Morgan fingerprint density at radius 3 is 2.83 bits per heavy atom. The highest BCUT2D eigenvalue weighted by Gasteiger charge is 2.18. The Hall–Kier alpha value is -0.540. The van der Waals surface area contributed by atoms with Gasteiger partial charge in [-0.25, -0.2) is 4.79 Å². The average molecular weight is 193 g/mol. The Bertz CT molecular complexity index is 166. The number of rotatable bonds is 5. The zero-order chi connectivity index (χ0) is 9.61. The molecule has 4 heteroatoms. The second-order valence-electron chi connectivity index (χ2n) is 2.75. The van der Waals surface area contributed by atoms with Crippen LogP contribution in [0.15, 0.2) is 12.7 Å². The van der Waals surface area contributed by atoms with Gasteiger partial charge in [0.1, 0.15) is 0 Å². The number of hydrogen-bond acceptors (Lipinski definition) is 3. The normalized spacial score (nSPS) is 14.9. The average Bonchev–Trinajstić information content (AvgIpc) is 2.04. The van der Waals surface area contributed by atoms with Gasteiger partial charge in [0.15, 0.2) is 0 Å². The summed E-state index contributed by atoms with van der Waals surface area (Å²) >= 11 is 5.43. The first-order chi connectivity index (χ1) is 5.52. The molecule has 0 saturated carbocycles. The quantitative estimate of drug-likeness (QED) is 0.403. The third-order valence-electron chi connectivity index (χ3n) is 1.34. The summed E-state index contributed by atoms with van der Waals surface area (Å²) in [5, 5.41) is 9.36. The number of aliphatic hydroxyl groups is 1. The molecule has 0 radical (unpaired) electrons. The Morgan fingerprint density at radius 1 is 1.83 bits per heavy atom. The smallest absolute Gasteiger partial charge is 0.330 e. The van der Waals surface area contributed by atoms with Gasteiger partial charge in [0.05, 0.1) is 18.1 Å². The number of halogens is 1. The maximum Gasteiger partial charge on any atom is 0.330 e. The molecule has 12 heavy (non-hydrogen) atoms. The van der Waals surface area contributed by atoms with Crippen molar-refractivity contribution in [2.24, 2.45) is 0 Å². The Kier molecular flexibility index (Phi) is 4.93. The maximum absolute atomic E-state index is 10.5. The number of esters is 1. The van der Waals surface area contributed by atoms with E-state index in [1.54, 1.807) is 6.92 Å². The van der Waals surface area contributed by atoms with Crippen LogP contribution in [-0.2, 0) is 9.53 Å². The third kappa shape index (κ3) is 5.16. The second kappa shape index (κ2) is 5.17. The number of ether oxygens (including phenoxy) is 1. The topological polar surface area (TPSA) is 46.5 Å². The van der Waals surface area contributed by atoms with Crippen LogP contribution in [0, 0.1) is 0 Å². The highest BCUT2D eigenvalue weighted by Crippen LogP contribution is 2.10. The fourth-order valence-electron chi connectivity index (χ4n) is 0.497. The summed E-state index contributed by atoms with van der Waals surface area (Å²) in [5.41, 5.74) is -0.969. The van der Waals surface area contributed by atoms with Gasteiger partial charge in [0, 0.05) is 12.5 Å². The van der Waals surface area contributed by atoms with Gasteiger partial charge in [0.25, 0.3) is 0 Å². The van der Waals surface area contributed by atoms with E-state index >= 15 is 0 Å². The second-order valence-corrected chi connectivity index (χ2v) is 3.02. The largest absolute Gasteiger partial charge is 0.462 e. The van der Waals surface area contributed by atoms with E-state index in [4.69, 9.17) is 11.6 Å². The lowest BCUT2D eigenvalue weighted by Crippen LogP contribution is -2.28. The number of alkyl halides is 1. The van der Waals surface area contributed by atoms with E-state index in [2.05, 4.69) is 11.3 Å². The number of hydrogen-bond donors (Lipinski definition) is 1. The summed E-state index contributed by atoms with van der Waals surface area (Å²) in [6.07, 6.45) is 1.41. The summed E-state index contributed by atoms with van der Waals surface area (Å²) in [4.78, 5) is 10.5. The lowest BCUT2D eigenvalue weighted by atomic mass is 10.1. The molecule has 0 aliphatic heterocycles. The predicted octanol–water partition coefficient (Wildman–Crippen LogP) is 1.10. The van der Waals surface area contributed by atoms with Crippen molar-refractivity contribution in [3.8, 4) is 0 Å². The number of carbonyl (C=O) groups excluding carboxylic acids is 1. The first-order valence-electron chi connectivity index (χ1n) is 3.59. The maximum atomic E-state index is 10.5. The zero-order valence-corrected chi connectivity index (χ0v) is 7.80. The molecular weight excluding hydrogens is 180 g/mol. The van der Waals surface area contributed by atoms with Gasteiger partial charge < -0.3 is 9.84 Å². The Balaban J connectivity index is 3.56. The van der Waals surface area contributed by atoms with Crippen LogP contribution in [0.4, 0.5) is 0 Å². The molecule has 1 atom stereocenters. The van der Waals surface area contributed by atoms with Gasteiger partial charge in [-0.15, -0.1) is 11.6 Å². The standard InChI is InChI=1S/C8H13ClO3/c1-3-7(10)12-5-4-8(2,11)6-9/h3,11H,1,4-6H2,2H3. The third-order valence-corrected chi connectivity index (χ3v) is 1.92. The molecule has 0 fully saturated rings. The summed E-state index contributed by atoms with van der Waals surface area (Å²) < 4.78 is 4.65. The summed E-state index contributed by atoms with van der Waals surface area (Å²) in [7, 11) is 0. The molecule has 0 aromatic rings. The molecule has 0 aliphatic rings. The van der Waals surface area contributed by atoms with E-state index in [-0.39, 0.29) is 12.5 Å². The van der Waals surface area contributed by atoms with Crippen molar-refractivity contribution < 1.29 is 14.6 Å². The van der Waals surface area contributed by atoms with Crippen LogP contribution in [-0.4, -0.2) is 29.2 Å². The van der Waals surface area contributed by atoms with E-state index in [1.807, 2.05) is 0 Å². The van der Waals surface area contributed by atoms with Crippen LogP contribution < -0.4 is 0 Å². The molecule has 0 rings (SSSR count). The van der Waals surface area contributed by atoms with E-state index in [0.717, 1.165) is 6.08 Å². The first kappa shape index (κ1) is 11.5. The van der Waals surface area contributed by atoms with E-state index in [1.165, 1.54) is 0 Å². The fourth-order valence-corrected chi connectivity index (χ4v) is 0.631. The van der Waals surface area contributed by atoms with Gasteiger partial charge in [-0.1, -0.05) is 6.58 Å². The van der Waals surface area contributed by atoms with Crippen molar-refractivity contribution in [2.45, 2.75) is 18.9 Å². The predicted molar refractivity (Wildman–Crippen MR) is 47.1 cm³/mol. The highest BCUT2D eigenvalue weighted by molar-refractivity contribution is 6.18. The van der Waals surface area contributed by atoms with Crippen molar-refractivity contribution >= 4 is 17.6 Å². The summed E-state index contributed by atoms with van der Waals surface area (Å²) in [6, 6.07) is 0. The van der Waals surface area contributed by atoms with Crippen molar-refractivity contribution in [2.75, 3.05) is 12.5 Å². The fraction of sp³-hybridized carbons (Fsp3) is 0.625. The minimum Gasteiger partial charge on any atom is -0.462 e.